The second-order valence-corrected chi connectivity index (χ2v) is 7.13. The topological polar surface area (TPSA) is 70.0 Å². The van der Waals surface area contributed by atoms with Gasteiger partial charge in [0.2, 0.25) is 14.4 Å². The minimum absolute atomic E-state index is 0.526. The zero-order chi connectivity index (χ0) is 14.0. The van der Waals surface area contributed by atoms with Crippen LogP contribution in [0.5, 0.6) is 0 Å². The fourth-order valence-corrected chi connectivity index (χ4v) is 2.62. The Morgan fingerprint density at radius 2 is 1.83 bits per heavy atom. The van der Waals surface area contributed by atoms with Crippen LogP contribution in [0.15, 0.2) is 24.3 Å². The smallest absolute Gasteiger partial charge is 0.213 e. The van der Waals surface area contributed by atoms with Crippen LogP contribution in [0.4, 0.5) is 0 Å². The molecule has 0 aliphatic heterocycles. The number of hydrogen-bond acceptors (Lipinski definition) is 3. The Morgan fingerprint density at radius 3 is 2.22 bits per heavy atom. The molecule has 0 spiro atoms. The molecule has 0 saturated heterocycles. The molecule has 0 radical (unpaired) electrons. The predicted molar refractivity (Wildman–Crippen MR) is 71.9 cm³/mol. The Labute approximate surface area is 117 Å². The highest BCUT2D eigenvalue weighted by Crippen LogP contribution is 2.36. The monoisotopic (exact) mass is 306 g/mol. The third-order valence-electron chi connectivity index (χ3n) is 2.25. The van der Waals surface area contributed by atoms with Gasteiger partial charge in [-0.3, -0.25) is 0 Å². The second kappa shape index (κ2) is 5.45. The van der Waals surface area contributed by atoms with E-state index in [1.165, 1.54) is 0 Å². The summed E-state index contributed by atoms with van der Waals surface area (Å²) >= 11 is 11.7. The molecule has 98 valence electrons. The van der Waals surface area contributed by atoms with Gasteiger partial charge < -0.3 is 0 Å². The first-order chi connectivity index (χ1) is 8.15. The van der Waals surface area contributed by atoms with E-state index in [4.69, 9.17) is 28.5 Å². The van der Waals surface area contributed by atoms with Crippen molar-refractivity contribution in [1.29, 1.82) is 5.26 Å². The van der Waals surface area contributed by atoms with Crippen LogP contribution < -0.4 is 4.72 Å². The summed E-state index contributed by atoms with van der Waals surface area (Å²) in [5.41, 5.74) is 1.53. The number of rotatable bonds is 4. The summed E-state index contributed by atoms with van der Waals surface area (Å²) in [6.45, 7) is 1.89. The molecule has 0 aliphatic carbocycles. The maximum atomic E-state index is 11.3. The first-order valence-electron chi connectivity index (χ1n) is 4.98. The molecule has 1 rings (SSSR count). The van der Waals surface area contributed by atoms with Crippen molar-refractivity contribution < 1.29 is 8.42 Å². The molecule has 0 bridgehead atoms. The van der Waals surface area contributed by atoms with E-state index in [0.29, 0.717) is 5.56 Å². The van der Waals surface area contributed by atoms with Crippen molar-refractivity contribution in [3.8, 4) is 6.07 Å². The van der Waals surface area contributed by atoms with Crippen LogP contribution in [-0.2, 0) is 10.0 Å². The number of nitrogens with zero attached hydrogens (tertiary/aromatic N) is 1. The highest BCUT2D eigenvalue weighted by atomic mass is 35.5. The summed E-state index contributed by atoms with van der Waals surface area (Å²) in [7, 11) is -3.54. The number of halogens is 2. The molecule has 0 saturated carbocycles. The van der Waals surface area contributed by atoms with Crippen molar-refractivity contribution in [2.45, 2.75) is 17.3 Å². The summed E-state index contributed by atoms with van der Waals surface area (Å²) < 4.78 is 23.0. The van der Waals surface area contributed by atoms with Crippen molar-refractivity contribution in [3.63, 3.8) is 0 Å². The van der Waals surface area contributed by atoms with E-state index >= 15 is 0 Å². The lowest BCUT2D eigenvalue weighted by Gasteiger charge is -2.24. The van der Waals surface area contributed by atoms with Crippen LogP contribution in [0.1, 0.15) is 17.2 Å². The highest BCUT2D eigenvalue weighted by Gasteiger charge is 2.38. The number of nitriles is 1. The van der Waals surface area contributed by atoms with Crippen molar-refractivity contribution in [3.05, 3.63) is 35.4 Å². The van der Waals surface area contributed by atoms with Gasteiger partial charge in [-0.05, 0) is 12.5 Å². The zero-order valence-electron chi connectivity index (χ0n) is 9.81. The Bertz CT molecular complexity index is 562. The largest absolute Gasteiger partial charge is 0.223 e. The molecule has 0 aromatic heterocycles. The first-order valence-corrected chi connectivity index (χ1v) is 7.63. The summed E-state index contributed by atoms with van der Waals surface area (Å²) in [6, 6.07) is 7.58. The van der Waals surface area contributed by atoms with Crippen LogP contribution in [0, 0.1) is 18.3 Å². The van der Waals surface area contributed by atoms with Gasteiger partial charge in [-0.2, -0.15) is 5.26 Å². The van der Waals surface area contributed by atoms with Gasteiger partial charge in [0.05, 0.1) is 12.3 Å². The molecule has 4 nitrogen and oxygen atoms in total. The average molecular weight is 307 g/mol. The second-order valence-electron chi connectivity index (χ2n) is 3.97. The number of hydrogen-bond donors (Lipinski definition) is 1. The quantitative estimate of drug-likeness (QED) is 0.868. The van der Waals surface area contributed by atoms with E-state index < -0.39 is 20.4 Å². The number of aryl methyl sites for hydroxylation is 1. The number of alkyl halides is 2. The van der Waals surface area contributed by atoms with Crippen molar-refractivity contribution >= 4 is 33.2 Å². The summed E-state index contributed by atoms with van der Waals surface area (Å²) in [6.07, 6.45) is 0.982. The molecule has 1 aromatic carbocycles. The number of benzene rings is 1. The van der Waals surface area contributed by atoms with Crippen LogP contribution in [-0.4, -0.2) is 19.0 Å². The molecule has 1 aromatic rings. The lowest BCUT2D eigenvalue weighted by Crippen LogP contribution is -2.37. The SMILES string of the molecule is Cc1ccc([C@H](NS(C)(=O)=O)C(Cl)(Cl)C#N)cc1. The zero-order valence-corrected chi connectivity index (χ0v) is 12.1. The molecule has 1 N–H and O–H groups in total. The third kappa shape index (κ3) is 4.14. The fourth-order valence-electron chi connectivity index (χ4n) is 1.39. The lowest BCUT2D eigenvalue weighted by molar-refractivity contribution is 0.558. The summed E-state index contributed by atoms with van der Waals surface area (Å²) in [4.78, 5) is 0. The number of sulfonamides is 1. The summed E-state index contributed by atoms with van der Waals surface area (Å²) in [5.74, 6) is 0. The van der Waals surface area contributed by atoms with E-state index in [1.807, 2.05) is 6.92 Å². The van der Waals surface area contributed by atoms with Gasteiger partial charge in [0.1, 0.15) is 6.07 Å². The Kier molecular flexibility index (Phi) is 4.62. The molecule has 18 heavy (non-hydrogen) atoms. The molecular weight excluding hydrogens is 295 g/mol. The summed E-state index contributed by atoms with van der Waals surface area (Å²) in [5, 5.41) is 8.93. The maximum Gasteiger partial charge on any atom is 0.223 e. The van der Waals surface area contributed by atoms with E-state index in [-0.39, 0.29) is 0 Å². The van der Waals surface area contributed by atoms with E-state index in [0.717, 1.165) is 11.8 Å². The van der Waals surface area contributed by atoms with Gasteiger partial charge in [-0.15, -0.1) is 0 Å². The third-order valence-corrected chi connectivity index (χ3v) is 3.52. The van der Waals surface area contributed by atoms with E-state index in [2.05, 4.69) is 4.72 Å². The molecule has 0 unspecified atom stereocenters. The maximum absolute atomic E-state index is 11.3. The Hall–Kier alpha value is -0.800. The predicted octanol–water partition coefficient (Wildman–Crippen LogP) is 2.28. The first kappa shape index (κ1) is 15.3. The molecule has 0 aliphatic rings. The van der Waals surface area contributed by atoms with Gasteiger partial charge >= 0.3 is 0 Å². The standard InChI is InChI=1S/C11H12Cl2N2O2S/c1-8-3-5-9(6-4-8)10(11(12,13)7-14)15-18(2,16)17/h3-6,10,15H,1-2H3/t10-/m0/s1. The molecule has 7 heteroatoms. The van der Waals surface area contributed by atoms with Gasteiger partial charge in [0.15, 0.2) is 0 Å². The van der Waals surface area contributed by atoms with E-state index in [9.17, 15) is 8.42 Å². The normalized spacial score (nSPS) is 13.9. The number of nitrogens with one attached hydrogen (secondary N) is 1. The van der Waals surface area contributed by atoms with E-state index in [1.54, 1.807) is 30.3 Å². The Morgan fingerprint density at radius 1 is 1.33 bits per heavy atom. The molecular formula is C11H12Cl2N2O2S. The molecule has 0 heterocycles. The molecule has 0 amide bonds. The minimum atomic E-state index is -3.54. The molecule has 1 atom stereocenters. The lowest BCUT2D eigenvalue weighted by atomic mass is 10.0. The van der Waals surface area contributed by atoms with Crippen molar-refractivity contribution in [2.24, 2.45) is 0 Å². The minimum Gasteiger partial charge on any atom is -0.213 e. The van der Waals surface area contributed by atoms with Gasteiger partial charge in [-0.25, -0.2) is 13.1 Å². The van der Waals surface area contributed by atoms with Crippen LogP contribution in [0.3, 0.4) is 0 Å². The van der Waals surface area contributed by atoms with Crippen LogP contribution in [0.2, 0.25) is 0 Å². The van der Waals surface area contributed by atoms with Crippen LogP contribution in [0.25, 0.3) is 0 Å². The van der Waals surface area contributed by atoms with Crippen molar-refractivity contribution in [2.75, 3.05) is 6.26 Å². The fraction of sp³-hybridized carbons (Fsp3) is 0.364. The van der Waals surface area contributed by atoms with Gasteiger partial charge in [-0.1, -0.05) is 53.0 Å². The van der Waals surface area contributed by atoms with Gasteiger partial charge in [0, 0.05) is 0 Å². The van der Waals surface area contributed by atoms with Crippen LogP contribution >= 0.6 is 23.2 Å². The highest BCUT2D eigenvalue weighted by molar-refractivity contribution is 7.88. The Balaban J connectivity index is 3.22. The van der Waals surface area contributed by atoms with Crippen molar-refractivity contribution in [1.82, 2.24) is 4.72 Å². The average Bonchev–Trinajstić information content (AvgIpc) is 2.26. The molecule has 0 fully saturated rings. The van der Waals surface area contributed by atoms with Gasteiger partial charge in [0.25, 0.3) is 0 Å².